The van der Waals surface area contributed by atoms with E-state index in [4.69, 9.17) is 5.73 Å². The maximum absolute atomic E-state index is 13.1. The fraction of sp³-hybridized carbons (Fsp3) is 0.632. The summed E-state index contributed by atoms with van der Waals surface area (Å²) in [5, 5.41) is 0. The molecule has 1 amide bonds. The summed E-state index contributed by atoms with van der Waals surface area (Å²) in [6.45, 7) is 9.75. The molecule has 5 nitrogen and oxygen atoms in total. The van der Waals surface area contributed by atoms with Gasteiger partial charge >= 0.3 is 0 Å². The van der Waals surface area contributed by atoms with E-state index in [9.17, 15) is 9.18 Å². The average molecular weight is 348 g/mol. The number of anilines is 1. The maximum atomic E-state index is 13.1. The lowest BCUT2D eigenvalue weighted by molar-refractivity contribution is -0.135. The SMILES string of the molecule is CC(C(=O)N1CCC(C)(CN)C1)N1CCN(c2ccc(F)cc2)CC1. The zero-order valence-corrected chi connectivity index (χ0v) is 15.2. The third-order valence-corrected chi connectivity index (χ3v) is 5.77. The Kier molecular flexibility index (Phi) is 5.29. The zero-order valence-electron chi connectivity index (χ0n) is 15.2. The Morgan fingerprint density at radius 1 is 1.20 bits per heavy atom. The minimum Gasteiger partial charge on any atom is -0.369 e. The minimum absolute atomic E-state index is 0.0661. The average Bonchev–Trinajstić information content (AvgIpc) is 3.04. The molecule has 2 aliphatic heterocycles. The molecule has 2 heterocycles. The molecule has 2 atom stereocenters. The number of amides is 1. The molecule has 2 unspecified atom stereocenters. The molecular weight excluding hydrogens is 319 g/mol. The Hall–Kier alpha value is -1.66. The molecule has 1 aromatic rings. The summed E-state index contributed by atoms with van der Waals surface area (Å²) in [7, 11) is 0. The number of halogens is 1. The van der Waals surface area contributed by atoms with Crippen molar-refractivity contribution in [3.05, 3.63) is 30.1 Å². The molecule has 1 aromatic carbocycles. The summed E-state index contributed by atoms with van der Waals surface area (Å²) in [6, 6.07) is 6.52. The quantitative estimate of drug-likeness (QED) is 0.897. The van der Waals surface area contributed by atoms with E-state index in [1.165, 1.54) is 12.1 Å². The van der Waals surface area contributed by atoms with Crippen LogP contribution in [-0.2, 0) is 4.79 Å². The highest BCUT2D eigenvalue weighted by atomic mass is 19.1. The maximum Gasteiger partial charge on any atom is 0.239 e. The Balaban J connectivity index is 1.54. The fourth-order valence-electron chi connectivity index (χ4n) is 3.82. The van der Waals surface area contributed by atoms with Crippen molar-refractivity contribution in [3.63, 3.8) is 0 Å². The van der Waals surface area contributed by atoms with Crippen LogP contribution in [0.4, 0.5) is 10.1 Å². The van der Waals surface area contributed by atoms with Crippen LogP contribution in [0.3, 0.4) is 0 Å². The van der Waals surface area contributed by atoms with Crippen LogP contribution in [-0.4, -0.2) is 67.6 Å². The van der Waals surface area contributed by atoms with Gasteiger partial charge in [0.2, 0.25) is 5.91 Å². The number of hydrogen-bond acceptors (Lipinski definition) is 4. The Bertz CT molecular complexity index is 600. The van der Waals surface area contributed by atoms with Gasteiger partial charge in [-0.3, -0.25) is 9.69 Å². The summed E-state index contributed by atoms with van der Waals surface area (Å²) in [5.41, 5.74) is 6.96. The first-order valence-corrected chi connectivity index (χ1v) is 9.15. The van der Waals surface area contributed by atoms with E-state index in [-0.39, 0.29) is 23.2 Å². The van der Waals surface area contributed by atoms with Gasteiger partial charge in [0.15, 0.2) is 0 Å². The second kappa shape index (κ2) is 7.30. The smallest absolute Gasteiger partial charge is 0.239 e. The highest BCUT2D eigenvalue weighted by Crippen LogP contribution is 2.29. The van der Waals surface area contributed by atoms with Gasteiger partial charge in [-0.1, -0.05) is 6.92 Å². The van der Waals surface area contributed by atoms with E-state index in [1.807, 2.05) is 24.0 Å². The monoisotopic (exact) mass is 348 g/mol. The molecule has 0 aliphatic carbocycles. The molecule has 0 spiro atoms. The molecule has 3 rings (SSSR count). The van der Waals surface area contributed by atoms with E-state index in [2.05, 4.69) is 16.7 Å². The van der Waals surface area contributed by atoms with Crippen LogP contribution < -0.4 is 10.6 Å². The number of nitrogens with zero attached hydrogens (tertiary/aromatic N) is 3. The van der Waals surface area contributed by atoms with Gasteiger partial charge < -0.3 is 15.5 Å². The molecular formula is C19H29FN4O. The summed E-state index contributed by atoms with van der Waals surface area (Å²) >= 11 is 0. The van der Waals surface area contributed by atoms with Crippen molar-refractivity contribution >= 4 is 11.6 Å². The molecule has 2 fully saturated rings. The van der Waals surface area contributed by atoms with Crippen molar-refractivity contribution in [2.24, 2.45) is 11.1 Å². The van der Waals surface area contributed by atoms with E-state index in [1.54, 1.807) is 0 Å². The van der Waals surface area contributed by atoms with Gasteiger partial charge in [-0.05, 0) is 49.6 Å². The number of rotatable bonds is 4. The first-order valence-electron chi connectivity index (χ1n) is 9.15. The lowest BCUT2D eigenvalue weighted by Crippen LogP contribution is -2.54. The molecule has 6 heteroatoms. The van der Waals surface area contributed by atoms with E-state index < -0.39 is 0 Å². The van der Waals surface area contributed by atoms with Crippen LogP contribution in [0.1, 0.15) is 20.3 Å². The normalized spacial score (nSPS) is 26.1. The van der Waals surface area contributed by atoms with Gasteiger partial charge in [-0.15, -0.1) is 0 Å². The molecule has 138 valence electrons. The van der Waals surface area contributed by atoms with E-state index >= 15 is 0 Å². The first-order chi connectivity index (χ1) is 11.9. The lowest BCUT2D eigenvalue weighted by Gasteiger charge is -2.39. The van der Waals surface area contributed by atoms with Crippen LogP contribution in [0.15, 0.2) is 24.3 Å². The lowest BCUT2D eigenvalue weighted by atomic mass is 9.90. The molecule has 0 saturated carbocycles. The number of benzene rings is 1. The molecule has 25 heavy (non-hydrogen) atoms. The van der Waals surface area contributed by atoms with Gasteiger partial charge in [0.1, 0.15) is 5.82 Å². The molecule has 0 aromatic heterocycles. The summed E-state index contributed by atoms with van der Waals surface area (Å²) in [4.78, 5) is 19.3. The highest BCUT2D eigenvalue weighted by molar-refractivity contribution is 5.82. The van der Waals surface area contributed by atoms with Gasteiger partial charge in [0.25, 0.3) is 0 Å². The van der Waals surface area contributed by atoms with Gasteiger partial charge in [-0.2, -0.15) is 0 Å². The fourth-order valence-corrected chi connectivity index (χ4v) is 3.82. The summed E-state index contributed by atoms with van der Waals surface area (Å²) in [6.07, 6.45) is 0.986. The van der Waals surface area contributed by atoms with Crippen molar-refractivity contribution in [3.8, 4) is 0 Å². The molecule has 2 N–H and O–H groups in total. The highest BCUT2D eigenvalue weighted by Gasteiger charge is 2.37. The Morgan fingerprint density at radius 2 is 1.84 bits per heavy atom. The Labute approximate surface area is 149 Å². The van der Waals surface area contributed by atoms with Gasteiger partial charge in [0, 0.05) is 45.0 Å². The van der Waals surface area contributed by atoms with Crippen LogP contribution in [0.5, 0.6) is 0 Å². The van der Waals surface area contributed by atoms with Crippen LogP contribution in [0.2, 0.25) is 0 Å². The molecule has 2 aliphatic rings. The summed E-state index contributed by atoms with van der Waals surface area (Å²) in [5.74, 6) is 0.00380. The van der Waals surface area contributed by atoms with Crippen LogP contribution in [0, 0.1) is 11.2 Å². The Morgan fingerprint density at radius 3 is 2.40 bits per heavy atom. The van der Waals surface area contributed by atoms with Crippen molar-refractivity contribution < 1.29 is 9.18 Å². The number of carbonyl (C=O) groups excluding carboxylic acids is 1. The van der Waals surface area contributed by atoms with Crippen molar-refractivity contribution in [2.75, 3.05) is 50.7 Å². The largest absolute Gasteiger partial charge is 0.369 e. The second-order valence-electron chi connectivity index (χ2n) is 7.70. The molecule has 0 bridgehead atoms. The zero-order chi connectivity index (χ0) is 18.0. The topological polar surface area (TPSA) is 52.8 Å². The minimum atomic E-state index is -0.211. The number of carbonyl (C=O) groups is 1. The van der Waals surface area contributed by atoms with Crippen LogP contribution in [0.25, 0.3) is 0 Å². The number of hydrogen-bond donors (Lipinski definition) is 1. The van der Waals surface area contributed by atoms with Crippen molar-refractivity contribution in [1.82, 2.24) is 9.80 Å². The molecule has 2 saturated heterocycles. The predicted molar refractivity (Wildman–Crippen MR) is 98.0 cm³/mol. The number of nitrogens with two attached hydrogens (primary N) is 1. The second-order valence-corrected chi connectivity index (χ2v) is 7.70. The van der Waals surface area contributed by atoms with Gasteiger partial charge in [0.05, 0.1) is 6.04 Å². The third-order valence-electron chi connectivity index (χ3n) is 5.77. The van der Waals surface area contributed by atoms with E-state index in [0.717, 1.165) is 51.4 Å². The van der Waals surface area contributed by atoms with Crippen LogP contribution >= 0.6 is 0 Å². The van der Waals surface area contributed by atoms with E-state index in [0.29, 0.717) is 6.54 Å². The third kappa shape index (κ3) is 3.96. The van der Waals surface area contributed by atoms with Crippen molar-refractivity contribution in [1.29, 1.82) is 0 Å². The standard InChI is InChI=1S/C19H29FN4O/c1-15(18(25)24-8-7-19(2,13-21)14-24)22-9-11-23(12-10-22)17-5-3-16(20)4-6-17/h3-6,15H,7-14,21H2,1-2H3. The van der Waals surface area contributed by atoms with Crippen molar-refractivity contribution in [2.45, 2.75) is 26.3 Å². The number of likely N-dealkylation sites (tertiary alicyclic amines) is 1. The summed E-state index contributed by atoms with van der Waals surface area (Å²) < 4.78 is 13.1. The number of piperazine rings is 1. The predicted octanol–water partition coefficient (Wildman–Crippen LogP) is 1.53. The molecule has 0 radical (unpaired) electrons. The first kappa shape index (κ1) is 18.1. The van der Waals surface area contributed by atoms with Gasteiger partial charge in [-0.25, -0.2) is 4.39 Å².